The van der Waals surface area contributed by atoms with Crippen LogP contribution >= 0.6 is 23.4 Å². The zero-order valence-corrected chi connectivity index (χ0v) is 14.0. The maximum absolute atomic E-state index is 12.1. The molecule has 4 nitrogen and oxygen atoms in total. The van der Waals surface area contributed by atoms with E-state index in [4.69, 9.17) is 16.3 Å². The lowest BCUT2D eigenvalue weighted by Crippen LogP contribution is -2.47. The largest absolute Gasteiger partial charge is 0.372 e. The van der Waals surface area contributed by atoms with E-state index in [2.05, 4.69) is 9.89 Å². The summed E-state index contributed by atoms with van der Waals surface area (Å²) in [5, 5.41) is 1.45. The van der Waals surface area contributed by atoms with Crippen molar-refractivity contribution in [3.05, 3.63) is 39.8 Å². The van der Waals surface area contributed by atoms with Crippen LogP contribution in [-0.2, 0) is 9.53 Å². The zero-order valence-electron chi connectivity index (χ0n) is 12.5. The molecule has 2 atom stereocenters. The molecule has 0 aliphatic carbocycles. The Kier molecular flexibility index (Phi) is 4.57. The average Bonchev–Trinajstić information content (AvgIpc) is 2.82. The number of benzene rings is 1. The van der Waals surface area contributed by atoms with Gasteiger partial charge in [-0.25, -0.2) is 0 Å². The molecule has 1 fully saturated rings. The van der Waals surface area contributed by atoms with Crippen molar-refractivity contribution >= 4 is 40.5 Å². The Morgan fingerprint density at radius 2 is 1.91 bits per heavy atom. The highest BCUT2D eigenvalue weighted by atomic mass is 35.5. The number of halogens is 1. The van der Waals surface area contributed by atoms with Crippen LogP contribution in [0.5, 0.6) is 0 Å². The van der Waals surface area contributed by atoms with Crippen molar-refractivity contribution in [1.29, 1.82) is 0 Å². The van der Waals surface area contributed by atoms with Gasteiger partial charge in [0.15, 0.2) is 5.17 Å². The normalized spacial score (nSPS) is 27.4. The first-order valence-corrected chi connectivity index (χ1v) is 8.39. The molecule has 0 radical (unpaired) electrons. The fourth-order valence-electron chi connectivity index (χ4n) is 2.58. The number of carbonyl (C=O) groups excluding carboxylic acids is 1. The Morgan fingerprint density at radius 3 is 2.55 bits per heavy atom. The molecule has 1 saturated heterocycles. The van der Waals surface area contributed by atoms with Crippen LogP contribution in [0.15, 0.2) is 34.2 Å². The third-order valence-corrected chi connectivity index (χ3v) is 4.76. The van der Waals surface area contributed by atoms with Crippen LogP contribution in [-0.4, -0.2) is 41.3 Å². The number of amidine groups is 1. The molecular weight excluding hydrogens is 320 g/mol. The molecule has 1 aromatic rings. The maximum Gasteiger partial charge on any atom is 0.286 e. The predicted molar refractivity (Wildman–Crippen MR) is 91.0 cm³/mol. The van der Waals surface area contributed by atoms with Crippen molar-refractivity contribution < 1.29 is 9.53 Å². The molecule has 6 heteroatoms. The van der Waals surface area contributed by atoms with Crippen LogP contribution in [0.2, 0.25) is 5.02 Å². The van der Waals surface area contributed by atoms with Crippen LogP contribution < -0.4 is 0 Å². The van der Waals surface area contributed by atoms with Crippen LogP contribution in [0.1, 0.15) is 19.4 Å². The number of morpholine rings is 1. The Bertz CT molecular complexity index is 632. The second-order valence-electron chi connectivity index (χ2n) is 5.52. The minimum atomic E-state index is -0.179. The number of amides is 1. The Balaban J connectivity index is 1.74. The Labute approximate surface area is 139 Å². The molecule has 22 heavy (non-hydrogen) atoms. The van der Waals surface area contributed by atoms with Gasteiger partial charge in [-0.2, -0.15) is 4.99 Å². The highest BCUT2D eigenvalue weighted by Crippen LogP contribution is 2.31. The van der Waals surface area contributed by atoms with Gasteiger partial charge in [0, 0.05) is 18.1 Å². The lowest BCUT2D eigenvalue weighted by molar-refractivity contribution is -0.113. The minimum absolute atomic E-state index is 0.145. The number of hydrogen-bond acceptors (Lipinski definition) is 4. The highest BCUT2D eigenvalue weighted by molar-refractivity contribution is 8.18. The summed E-state index contributed by atoms with van der Waals surface area (Å²) in [6.45, 7) is 5.60. The number of nitrogens with zero attached hydrogens (tertiary/aromatic N) is 2. The molecule has 2 aliphatic heterocycles. The van der Waals surface area contributed by atoms with E-state index in [0.717, 1.165) is 23.8 Å². The van der Waals surface area contributed by atoms with E-state index in [1.54, 1.807) is 0 Å². The summed E-state index contributed by atoms with van der Waals surface area (Å²) in [6.07, 6.45) is 2.14. The third-order valence-electron chi connectivity index (χ3n) is 3.47. The number of ether oxygens (including phenoxy) is 1. The van der Waals surface area contributed by atoms with Gasteiger partial charge in [0.25, 0.3) is 5.91 Å². The van der Waals surface area contributed by atoms with Gasteiger partial charge in [0.1, 0.15) is 0 Å². The van der Waals surface area contributed by atoms with Crippen molar-refractivity contribution in [3.8, 4) is 0 Å². The third kappa shape index (κ3) is 3.54. The van der Waals surface area contributed by atoms with Crippen molar-refractivity contribution in [1.82, 2.24) is 4.90 Å². The molecule has 0 aromatic heterocycles. The van der Waals surface area contributed by atoms with Gasteiger partial charge < -0.3 is 9.64 Å². The van der Waals surface area contributed by atoms with Crippen molar-refractivity contribution in [2.45, 2.75) is 26.1 Å². The van der Waals surface area contributed by atoms with E-state index < -0.39 is 0 Å². The smallest absolute Gasteiger partial charge is 0.286 e. The highest BCUT2D eigenvalue weighted by Gasteiger charge is 2.30. The first-order chi connectivity index (χ1) is 10.5. The molecule has 2 heterocycles. The minimum Gasteiger partial charge on any atom is -0.372 e. The molecule has 0 bridgehead atoms. The first kappa shape index (κ1) is 15.6. The molecule has 1 aromatic carbocycles. The summed E-state index contributed by atoms with van der Waals surface area (Å²) in [5.74, 6) is -0.179. The summed E-state index contributed by atoms with van der Waals surface area (Å²) in [5.41, 5.74) is 0.945. The van der Waals surface area contributed by atoms with Gasteiger partial charge in [-0.15, -0.1) is 0 Å². The lowest BCUT2D eigenvalue weighted by atomic mass is 10.2. The van der Waals surface area contributed by atoms with Gasteiger partial charge in [-0.3, -0.25) is 4.79 Å². The summed E-state index contributed by atoms with van der Waals surface area (Å²) >= 11 is 7.30. The number of carbonyl (C=O) groups is 1. The van der Waals surface area contributed by atoms with E-state index in [0.29, 0.717) is 9.93 Å². The second-order valence-corrected chi connectivity index (χ2v) is 6.97. The Morgan fingerprint density at radius 1 is 1.27 bits per heavy atom. The second kappa shape index (κ2) is 6.44. The fraction of sp³-hybridized carbons (Fsp3) is 0.375. The van der Waals surface area contributed by atoms with Crippen LogP contribution in [0.3, 0.4) is 0 Å². The monoisotopic (exact) mass is 336 g/mol. The quantitative estimate of drug-likeness (QED) is 0.737. The molecular formula is C16H17ClN2O2S. The molecule has 2 unspecified atom stereocenters. The maximum atomic E-state index is 12.1. The van der Waals surface area contributed by atoms with Crippen LogP contribution in [0.4, 0.5) is 0 Å². The van der Waals surface area contributed by atoms with Crippen molar-refractivity contribution in [3.63, 3.8) is 0 Å². The lowest BCUT2D eigenvalue weighted by Gasteiger charge is -2.35. The molecule has 3 rings (SSSR count). The molecule has 0 N–H and O–H groups in total. The summed E-state index contributed by atoms with van der Waals surface area (Å²) in [6, 6.07) is 7.40. The van der Waals surface area contributed by atoms with E-state index in [1.807, 2.05) is 44.2 Å². The molecule has 1 amide bonds. The van der Waals surface area contributed by atoms with Gasteiger partial charge in [0.05, 0.1) is 17.1 Å². The van der Waals surface area contributed by atoms with Gasteiger partial charge in [-0.1, -0.05) is 23.7 Å². The summed E-state index contributed by atoms with van der Waals surface area (Å²) in [7, 11) is 0. The number of thioether (sulfide) groups is 1. The number of hydrogen-bond donors (Lipinski definition) is 0. The van der Waals surface area contributed by atoms with Crippen LogP contribution in [0.25, 0.3) is 6.08 Å². The molecule has 116 valence electrons. The van der Waals surface area contributed by atoms with Crippen molar-refractivity contribution in [2.75, 3.05) is 13.1 Å². The average molecular weight is 337 g/mol. The van der Waals surface area contributed by atoms with E-state index in [1.165, 1.54) is 11.8 Å². The first-order valence-electron chi connectivity index (χ1n) is 7.20. The summed E-state index contributed by atoms with van der Waals surface area (Å²) < 4.78 is 5.72. The molecule has 0 spiro atoms. The van der Waals surface area contributed by atoms with E-state index in [9.17, 15) is 4.79 Å². The SMILES string of the molecule is CC1CN(C2=NC(=O)/C(=C/c3ccc(Cl)cc3)S2)CC(C)O1. The van der Waals surface area contributed by atoms with E-state index >= 15 is 0 Å². The Hall–Kier alpha value is -1.30. The van der Waals surface area contributed by atoms with Gasteiger partial charge in [0.2, 0.25) is 0 Å². The standard InChI is InChI=1S/C16H17ClN2O2S/c1-10-8-19(9-11(2)21-10)16-18-15(20)14(22-16)7-12-3-5-13(17)6-4-12/h3-7,10-11H,8-9H2,1-2H3/b14-7-. The van der Waals surface area contributed by atoms with Gasteiger partial charge >= 0.3 is 0 Å². The fourth-order valence-corrected chi connectivity index (χ4v) is 3.64. The number of aliphatic imine (C=N–C) groups is 1. The molecule has 0 saturated carbocycles. The van der Waals surface area contributed by atoms with Crippen molar-refractivity contribution in [2.24, 2.45) is 4.99 Å². The number of rotatable bonds is 1. The van der Waals surface area contributed by atoms with Gasteiger partial charge in [-0.05, 0) is 49.4 Å². The molecule has 2 aliphatic rings. The topological polar surface area (TPSA) is 41.9 Å². The summed E-state index contributed by atoms with van der Waals surface area (Å²) in [4.78, 5) is 19.1. The van der Waals surface area contributed by atoms with Crippen LogP contribution in [0, 0.1) is 0 Å². The van der Waals surface area contributed by atoms with E-state index in [-0.39, 0.29) is 18.1 Å². The zero-order chi connectivity index (χ0) is 15.7. The predicted octanol–water partition coefficient (Wildman–Crippen LogP) is 3.42.